The largest absolute Gasteiger partial charge is 0.493 e. The van der Waals surface area contributed by atoms with Crippen molar-refractivity contribution in [2.24, 2.45) is 4.99 Å². The number of thiazole rings is 1. The molecule has 1 aliphatic heterocycles. The molecule has 4 rings (SSSR count). The van der Waals surface area contributed by atoms with Crippen LogP contribution in [0.1, 0.15) is 37.9 Å². The van der Waals surface area contributed by atoms with Crippen LogP contribution >= 0.6 is 11.3 Å². The molecule has 1 aromatic heterocycles. The predicted octanol–water partition coefficient (Wildman–Crippen LogP) is 3.77. The molecule has 198 valence electrons. The molecule has 8 nitrogen and oxygen atoms in total. The highest BCUT2D eigenvalue weighted by atomic mass is 32.1. The molecule has 2 aromatic carbocycles. The van der Waals surface area contributed by atoms with Gasteiger partial charge in [-0.2, -0.15) is 0 Å². The molecule has 0 radical (unpaired) electrons. The lowest BCUT2D eigenvalue weighted by Crippen LogP contribution is -2.40. The van der Waals surface area contributed by atoms with Crippen LogP contribution in [-0.2, 0) is 9.53 Å². The van der Waals surface area contributed by atoms with E-state index >= 15 is 0 Å². The molecule has 0 amide bonds. The van der Waals surface area contributed by atoms with Crippen LogP contribution in [0.4, 0.5) is 0 Å². The van der Waals surface area contributed by atoms with Gasteiger partial charge >= 0.3 is 5.97 Å². The maximum absolute atomic E-state index is 13.9. The van der Waals surface area contributed by atoms with Crippen molar-refractivity contribution in [2.45, 2.75) is 26.8 Å². The Morgan fingerprint density at radius 3 is 2.55 bits per heavy atom. The third-order valence-electron chi connectivity index (χ3n) is 5.88. The summed E-state index contributed by atoms with van der Waals surface area (Å²) in [7, 11) is 1.55. The first-order valence-electron chi connectivity index (χ1n) is 12.3. The molecule has 9 heteroatoms. The highest BCUT2D eigenvalue weighted by Gasteiger charge is 2.35. The summed E-state index contributed by atoms with van der Waals surface area (Å²) in [4.78, 5) is 32.2. The van der Waals surface area contributed by atoms with Crippen LogP contribution in [0.5, 0.6) is 17.2 Å². The Balaban J connectivity index is 1.92. The van der Waals surface area contributed by atoms with E-state index in [9.17, 15) is 9.59 Å². The molecule has 0 bridgehead atoms. The highest BCUT2D eigenvalue weighted by molar-refractivity contribution is 7.07. The fourth-order valence-electron chi connectivity index (χ4n) is 4.26. The summed E-state index contributed by atoms with van der Waals surface area (Å²) >= 11 is 1.26. The number of hydrogen-bond donors (Lipinski definition) is 0. The maximum atomic E-state index is 13.9. The number of carbonyl (C=O) groups is 1. The third-order valence-corrected chi connectivity index (χ3v) is 6.86. The van der Waals surface area contributed by atoms with Crippen molar-refractivity contribution in [3.8, 4) is 17.2 Å². The molecule has 2 heterocycles. The molecule has 1 aliphatic rings. The van der Waals surface area contributed by atoms with Gasteiger partial charge in [-0.05, 0) is 50.6 Å². The fourth-order valence-corrected chi connectivity index (χ4v) is 5.31. The zero-order valence-corrected chi connectivity index (χ0v) is 22.7. The first-order chi connectivity index (χ1) is 18.4. The van der Waals surface area contributed by atoms with E-state index in [-0.39, 0.29) is 17.7 Å². The number of benzene rings is 2. The van der Waals surface area contributed by atoms with Gasteiger partial charge in [-0.15, -0.1) is 0 Å². The number of aromatic nitrogens is 1. The lowest BCUT2D eigenvalue weighted by molar-refractivity contribution is -0.139. The van der Waals surface area contributed by atoms with Gasteiger partial charge in [0, 0.05) is 5.56 Å². The number of fused-ring (bicyclic) bond motifs is 1. The van der Waals surface area contributed by atoms with Gasteiger partial charge in [0.05, 0.1) is 36.1 Å². The second kappa shape index (κ2) is 12.0. The zero-order chi connectivity index (χ0) is 27.2. The van der Waals surface area contributed by atoms with E-state index in [2.05, 4.69) is 11.6 Å². The number of rotatable bonds is 10. The number of ether oxygens (including phenoxy) is 4. The number of carbonyl (C=O) groups excluding carboxylic acids is 1. The molecular weight excluding hydrogens is 504 g/mol. The Hall–Kier alpha value is -4.11. The first-order valence-corrected chi connectivity index (χ1v) is 13.1. The van der Waals surface area contributed by atoms with Crippen LogP contribution in [0.15, 0.2) is 76.2 Å². The van der Waals surface area contributed by atoms with Gasteiger partial charge in [-0.25, -0.2) is 9.79 Å². The predicted molar refractivity (Wildman–Crippen MR) is 147 cm³/mol. The lowest BCUT2D eigenvalue weighted by Gasteiger charge is -2.26. The van der Waals surface area contributed by atoms with Crippen molar-refractivity contribution in [3.05, 3.63) is 97.2 Å². The van der Waals surface area contributed by atoms with Crippen LogP contribution in [0.2, 0.25) is 0 Å². The Bertz CT molecular complexity index is 1550. The smallest absolute Gasteiger partial charge is 0.338 e. The van der Waals surface area contributed by atoms with Crippen molar-refractivity contribution in [3.63, 3.8) is 0 Å². The molecule has 38 heavy (non-hydrogen) atoms. The van der Waals surface area contributed by atoms with Crippen molar-refractivity contribution >= 4 is 23.4 Å². The van der Waals surface area contributed by atoms with Crippen LogP contribution in [0.25, 0.3) is 6.08 Å². The second-order valence-corrected chi connectivity index (χ2v) is 9.29. The minimum atomic E-state index is -0.807. The average Bonchev–Trinajstić information content (AvgIpc) is 3.22. The van der Waals surface area contributed by atoms with Crippen molar-refractivity contribution < 1.29 is 23.7 Å². The topological polar surface area (TPSA) is 88.3 Å². The zero-order valence-electron chi connectivity index (χ0n) is 21.9. The third kappa shape index (κ3) is 5.28. The number of nitrogens with zero attached hydrogens (tertiary/aromatic N) is 2. The molecule has 0 spiro atoms. The van der Waals surface area contributed by atoms with Crippen LogP contribution in [-0.4, -0.2) is 37.5 Å². The van der Waals surface area contributed by atoms with Gasteiger partial charge in [0.2, 0.25) is 0 Å². The van der Waals surface area contributed by atoms with Gasteiger partial charge in [0.15, 0.2) is 16.3 Å². The molecular formula is C29H30N2O6S. The quantitative estimate of drug-likeness (QED) is 0.291. The number of allylic oxidation sites excluding steroid dienone is 1. The van der Waals surface area contributed by atoms with Crippen molar-refractivity contribution in [2.75, 3.05) is 26.9 Å². The van der Waals surface area contributed by atoms with E-state index in [1.807, 2.05) is 37.3 Å². The van der Waals surface area contributed by atoms with Gasteiger partial charge in [0.1, 0.15) is 18.4 Å². The molecule has 0 aliphatic carbocycles. The van der Waals surface area contributed by atoms with Crippen LogP contribution in [0, 0.1) is 0 Å². The summed E-state index contributed by atoms with van der Waals surface area (Å²) in [5.74, 6) is 1.14. The Morgan fingerprint density at radius 2 is 1.89 bits per heavy atom. The minimum Gasteiger partial charge on any atom is -0.493 e. The summed E-state index contributed by atoms with van der Waals surface area (Å²) in [6.45, 7) is 9.98. The summed E-state index contributed by atoms with van der Waals surface area (Å²) in [5.41, 5.74) is 1.93. The molecule has 0 N–H and O–H groups in total. The van der Waals surface area contributed by atoms with E-state index < -0.39 is 12.0 Å². The summed E-state index contributed by atoms with van der Waals surface area (Å²) < 4.78 is 24.5. The van der Waals surface area contributed by atoms with E-state index in [1.54, 1.807) is 45.2 Å². The lowest BCUT2D eigenvalue weighted by atomic mass is 9.94. The Morgan fingerprint density at radius 1 is 1.13 bits per heavy atom. The number of para-hydroxylation sites is 1. The first kappa shape index (κ1) is 26.9. The number of hydrogen-bond acceptors (Lipinski definition) is 8. The van der Waals surface area contributed by atoms with Gasteiger partial charge in [-0.1, -0.05) is 48.3 Å². The van der Waals surface area contributed by atoms with Crippen LogP contribution in [0.3, 0.4) is 0 Å². The fraction of sp³-hybridized carbons (Fsp3) is 0.276. The standard InChI is InChI=1S/C29H30N2O6S/c1-6-16-37-20-14-12-19(13-15-20)17-23-27(32)31-25(21-10-9-11-22(34-5)26(21)35-7-2)24(28(33)36-8-3)18(4)30-29(31)38-23/h6,9-15,17,25H,1,7-8,16H2,2-5H3/b23-17-/t25-/m1/s1. The molecule has 0 fully saturated rings. The van der Waals surface area contributed by atoms with Crippen molar-refractivity contribution in [1.29, 1.82) is 0 Å². The van der Waals surface area contributed by atoms with Crippen molar-refractivity contribution in [1.82, 2.24) is 4.57 Å². The highest BCUT2D eigenvalue weighted by Crippen LogP contribution is 2.40. The van der Waals surface area contributed by atoms with Crippen LogP contribution < -0.4 is 29.1 Å². The van der Waals surface area contributed by atoms with Gasteiger partial charge in [0.25, 0.3) is 5.56 Å². The minimum absolute atomic E-state index is 0.190. The Kier molecular flexibility index (Phi) is 8.48. The van der Waals surface area contributed by atoms with E-state index in [0.717, 1.165) is 5.56 Å². The SMILES string of the molecule is C=CCOc1ccc(/C=c2\sc3n(c2=O)[C@H](c2cccc(OC)c2OCC)C(C(=O)OCC)=C(C)N=3)cc1. The van der Waals surface area contributed by atoms with Gasteiger partial charge < -0.3 is 18.9 Å². The monoisotopic (exact) mass is 534 g/mol. The van der Waals surface area contributed by atoms with E-state index in [1.165, 1.54) is 15.9 Å². The normalized spacial score (nSPS) is 14.9. The van der Waals surface area contributed by atoms with E-state index in [0.29, 0.717) is 51.1 Å². The maximum Gasteiger partial charge on any atom is 0.338 e. The molecule has 0 unspecified atom stereocenters. The molecule has 3 aromatic rings. The summed E-state index contributed by atoms with van der Waals surface area (Å²) in [6, 6.07) is 12.0. The van der Waals surface area contributed by atoms with Gasteiger partial charge in [-0.3, -0.25) is 9.36 Å². The second-order valence-electron chi connectivity index (χ2n) is 8.28. The average molecular weight is 535 g/mol. The number of methoxy groups -OCH3 is 1. The molecule has 1 atom stereocenters. The molecule has 0 saturated heterocycles. The molecule has 0 saturated carbocycles. The summed E-state index contributed by atoms with van der Waals surface area (Å²) in [6.07, 6.45) is 3.48. The Labute approximate surface area is 224 Å². The van der Waals surface area contributed by atoms with E-state index in [4.69, 9.17) is 18.9 Å². The number of esters is 1. The summed E-state index contributed by atoms with van der Waals surface area (Å²) in [5, 5.41) is 0.